The highest BCUT2D eigenvalue weighted by atomic mass is 31.2. The van der Waals surface area contributed by atoms with Crippen LogP contribution in [-0.2, 0) is 18.4 Å². The molecule has 0 radical (unpaired) electrons. The number of rotatable bonds is 6. The molecule has 0 aromatic heterocycles. The SMILES string of the molecule is COP(C)(=O)OCC(=O)C(F)(F)C1CCCC1. The number of hydrogen-bond donors (Lipinski definition) is 0. The molecule has 1 rings (SSSR count). The van der Waals surface area contributed by atoms with Gasteiger partial charge in [0.25, 0.3) is 0 Å². The fourth-order valence-corrected chi connectivity index (χ4v) is 2.30. The van der Waals surface area contributed by atoms with Crippen LogP contribution in [0.3, 0.4) is 0 Å². The van der Waals surface area contributed by atoms with Crippen molar-refractivity contribution < 1.29 is 27.2 Å². The summed E-state index contributed by atoms with van der Waals surface area (Å²) in [5.74, 6) is -5.61. The van der Waals surface area contributed by atoms with E-state index in [9.17, 15) is 18.1 Å². The lowest BCUT2D eigenvalue weighted by Crippen LogP contribution is -2.38. The van der Waals surface area contributed by atoms with Crippen molar-refractivity contribution in [2.45, 2.75) is 31.6 Å². The van der Waals surface area contributed by atoms with Gasteiger partial charge < -0.3 is 9.05 Å². The van der Waals surface area contributed by atoms with Crippen molar-refractivity contribution in [2.75, 3.05) is 20.4 Å². The molecule has 1 atom stereocenters. The largest absolute Gasteiger partial charge is 0.327 e. The summed E-state index contributed by atoms with van der Waals surface area (Å²) in [5, 5.41) is 0. The summed E-state index contributed by atoms with van der Waals surface area (Å²) in [5.41, 5.74) is 0. The number of hydrogen-bond acceptors (Lipinski definition) is 4. The molecule has 0 aromatic carbocycles. The quantitative estimate of drug-likeness (QED) is 0.696. The van der Waals surface area contributed by atoms with E-state index in [-0.39, 0.29) is 0 Å². The van der Waals surface area contributed by atoms with Crippen LogP contribution in [0.15, 0.2) is 0 Å². The number of carbonyl (C=O) groups excluding carboxylic acids is 1. The van der Waals surface area contributed by atoms with Crippen molar-refractivity contribution in [2.24, 2.45) is 5.92 Å². The Labute approximate surface area is 99.2 Å². The lowest BCUT2D eigenvalue weighted by atomic mass is 9.96. The summed E-state index contributed by atoms with van der Waals surface area (Å²) in [6.07, 6.45) is 2.15. The molecule has 0 N–H and O–H groups in total. The molecule has 4 nitrogen and oxygen atoms in total. The van der Waals surface area contributed by atoms with Crippen molar-refractivity contribution in [3.63, 3.8) is 0 Å². The predicted molar refractivity (Wildman–Crippen MR) is 58.4 cm³/mol. The topological polar surface area (TPSA) is 52.6 Å². The monoisotopic (exact) mass is 270 g/mol. The third-order valence-electron chi connectivity index (χ3n) is 3.00. The summed E-state index contributed by atoms with van der Waals surface area (Å²) >= 11 is 0. The molecule has 1 aliphatic carbocycles. The highest BCUT2D eigenvalue weighted by Gasteiger charge is 2.47. The average molecular weight is 270 g/mol. The van der Waals surface area contributed by atoms with Crippen molar-refractivity contribution >= 4 is 13.4 Å². The molecular formula is C10H17F2O4P. The normalized spacial score (nSPS) is 21.4. The van der Waals surface area contributed by atoms with Gasteiger partial charge in [-0.3, -0.25) is 9.36 Å². The van der Waals surface area contributed by atoms with Gasteiger partial charge in [-0.05, 0) is 12.8 Å². The van der Waals surface area contributed by atoms with Gasteiger partial charge in [0.1, 0.15) is 6.61 Å². The standard InChI is InChI=1S/C10H17F2O4P/c1-15-17(2,14)16-7-9(13)10(11,12)8-5-3-4-6-8/h8H,3-7H2,1-2H3. The second kappa shape index (κ2) is 5.55. The second-order valence-electron chi connectivity index (χ2n) is 4.25. The first-order valence-corrected chi connectivity index (χ1v) is 7.47. The minimum Gasteiger partial charge on any atom is -0.312 e. The van der Waals surface area contributed by atoms with Crippen molar-refractivity contribution in [3.05, 3.63) is 0 Å². The van der Waals surface area contributed by atoms with Crippen molar-refractivity contribution in [1.29, 1.82) is 0 Å². The van der Waals surface area contributed by atoms with E-state index in [1.807, 2.05) is 0 Å². The van der Waals surface area contributed by atoms with Crippen LogP contribution in [0.25, 0.3) is 0 Å². The highest BCUT2D eigenvalue weighted by Crippen LogP contribution is 2.44. The van der Waals surface area contributed by atoms with Gasteiger partial charge in [0, 0.05) is 19.7 Å². The van der Waals surface area contributed by atoms with Crippen LogP contribution in [0.4, 0.5) is 8.78 Å². The summed E-state index contributed by atoms with van der Waals surface area (Å²) in [6, 6.07) is 0. The minimum atomic E-state index is -3.38. The van der Waals surface area contributed by atoms with Gasteiger partial charge in [0.2, 0.25) is 5.78 Å². The van der Waals surface area contributed by atoms with E-state index in [1.165, 1.54) is 0 Å². The Bertz CT molecular complexity index is 326. The lowest BCUT2D eigenvalue weighted by molar-refractivity contribution is -0.153. The summed E-state index contributed by atoms with van der Waals surface area (Å²) in [7, 11) is -2.24. The van der Waals surface area contributed by atoms with E-state index >= 15 is 0 Å². The zero-order valence-corrected chi connectivity index (χ0v) is 10.8. The Kier molecular flexibility index (Phi) is 4.81. The van der Waals surface area contributed by atoms with Gasteiger partial charge in [0.05, 0.1) is 0 Å². The molecule has 0 heterocycles. The third-order valence-corrected chi connectivity index (χ3v) is 4.26. The number of ketones is 1. The molecule has 0 spiro atoms. The zero-order valence-electron chi connectivity index (χ0n) is 9.95. The summed E-state index contributed by atoms with van der Waals surface area (Å²) < 4.78 is 47.6. The van der Waals surface area contributed by atoms with Crippen LogP contribution in [0, 0.1) is 5.92 Å². The van der Waals surface area contributed by atoms with Crippen molar-refractivity contribution in [3.8, 4) is 0 Å². The van der Waals surface area contributed by atoms with Crippen LogP contribution in [0.1, 0.15) is 25.7 Å². The van der Waals surface area contributed by atoms with Crippen LogP contribution in [0.2, 0.25) is 0 Å². The second-order valence-corrected chi connectivity index (χ2v) is 6.42. The molecule has 0 bridgehead atoms. The van der Waals surface area contributed by atoms with E-state index in [2.05, 4.69) is 9.05 Å². The first-order chi connectivity index (χ1) is 7.79. The van der Waals surface area contributed by atoms with Crippen LogP contribution < -0.4 is 0 Å². The predicted octanol–water partition coefficient (Wildman–Crippen LogP) is 2.87. The van der Waals surface area contributed by atoms with Crippen LogP contribution in [-0.4, -0.2) is 32.1 Å². The smallest absolute Gasteiger partial charge is 0.312 e. The minimum absolute atomic E-state index is 0.354. The van der Waals surface area contributed by atoms with Gasteiger partial charge in [-0.15, -0.1) is 0 Å². The van der Waals surface area contributed by atoms with E-state index < -0.39 is 31.8 Å². The molecule has 100 valence electrons. The van der Waals surface area contributed by atoms with E-state index in [4.69, 9.17) is 0 Å². The number of halogens is 2. The maximum atomic E-state index is 13.6. The molecule has 1 aliphatic rings. The van der Waals surface area contributed by atoms with E-state index in [0.717, 1.165) is 26.6 Å². The Hall–Kier alpha value is -0.320. The van der Waals surface area contributed by atoms with Crippen LogP contribution in [0.5, 0.6) is 0 Å². The molecule has 0 aromatic rings. The van der Waals surface area contributed by atoms with E-state index in [0.29, 0.717) is 12.8 Å². The molecule has 17 heavy (non-hydrogen) atoms. The zero-order chi connectivity index (χ0) is 13.1. The summed E-state index contributed by atoms with van der Waals surface area (Å²) in [4.78, 5) is 11.4. The van der Waals surface area contributed by atoms with Crippen LogP contribution >= 0.6 is 7.60 Å². The number of alkyl halides is 2. The first kappa shape index (κ1) is 14.7. The van der Waals surface area contributed by atoms with Gasteiger partial charge in [-0.2, -0.15) is 8.78 Å². The molecule has 0 aliphatic heterocycles. The highest BCUT2D eigenvalue weighted by molar-refractivity contribution is 7.52. The Balaban J connectivity index is 2.54. The average Bonchev–Trinajstić information content (AvgIpc) is 2.79. The van der Waals surface area contributed by atoms with E-state index in [1.54, 1.807) is 0 Å². The van der Waals surface area contributed by atoms with Gasteiger partial charge >= 0.3 is 13.5 Å². The van der Waals surface area contributed by atoms with Gasteiger partial charge in [0.15, 0.2) is 0 Å². The van der Waals surface area contributed by atoms with Crippen molar-refractivity contribution in [1.82, 2.24) is 0 Å². The lowest BCUT2D eigenvalue weighted by Gasteiger charge is -2.22. The molecule has 7 heteroatoms. The van der Waals surface area contributed by atoms with Gasteiger partial charge in [-0.1, -0.05) is 12.8 Å². The fraction of sp³-hybridized carbons (Fsp3) is 0.900. The Morgan fingerprint density at radius 3 is 2.41 bits per heavy atom. The Morgan fingerprint density at radius 2 is 1.94 bits per heavy atom. The number of carbonyl (C=O) groups is 1. The van der Waals surface area contributed by atoms with Gasteiger partial charge in [-0.25, -0.2) is 0 Å². The number of Topliss-reactive ketones (excluding diaryl/α,β-unsaturated/α-hetero) is 1. The first-order valence-electron chi connectivity index (χ1n) is 5.48. The maximum absolute atomic E-state index is 13.6. The summed E-state index contributed by atoms with van der Waals surface area (Å²) in [6.45, 7) is 0.263. The molecule has 1 fully saturated rings. The Morgan fingerprint density at radius 1 is 1.41 bits per heavy atom. The molecule has 1 unspecified atom stereocenters. The maximum Gasteiger partial charge on any atom is 0.327 e. The molecule has 0 saturated heterocycles. The molecule has 1 saturated carbocycles. The fourth-order valence-electron chi connectivity index (χ4n) is 1.84. The third kappa shape index (κ3) is 3.83. The molecular weight excluding hydrogens is 253 g/mol. The molecule has 0 amide bonds.